The molecule has 0 saturated carbocycles. The molecule has 1 unspecified atom stereocenters. The van der Waals surface area contributed by atoms with Crippen molar-refractivity contribution in [2.75, 3.05) is 13.7 Å². The molecule has 74 valence electrons. The molecule has 1 heterocycles. The van der Waals surface area contributed by atoms with Crippen LogP contribution in [-0.2, 0) is 11.3 Å². The molecule has 1 aromatic rings. The number of rotatable bonds is 4. The average Bonchev–Trinajstić information content (AvgIpc) is 2.31. The monoisotopic (exact) mass is 204 g/mol. The van der Waals surface area contributed by atoms with Gasteiger partial charge in [-0.25, -0.2) is 0 Å². The minimum atomic E-state index is -0.541. The normalized spacial score (nSPS) is 13.2. The van der Waals surface area contributed by atoms with Crippen LogP contribution in [0.1, 0.15) is 5.69 Å². The van der Waals surface area contributed by atoms with Gasteiger partial charge in [0.25, 0.3) is 0 Å². The van der Waals surface area contributed by atoms with Crippen LogP contribution < -0.4 is 0 Å². The Kier molecular flexibility index (Phi) is 3.71. The van der Waals surface area contributed by atoms with E-state index in [1.807, 2.05) is 6.92 Å². The molecule has 0 aliphatic carbocycles. The summed E-state index contributed by atoms with van der Waals surface area (Å²) in [5, 5.41) is 14.1. The summed E-state index contributed by atoms with van der Waals surface area (Å²) in [6.45, 7) is 2.53. The zero-order valence-corrected chi connectivity index (χ0v) is 8.45. The van der Waals surface area contributed by atoms with Crippen molar-refractivity contribution in [2.24, 2.45) is 0 Å². The van der Waals surface area contributed by atoms with Crippen molar-refractivity contribution in [1.29, 1.82) is 0 Å². The van der Waals surface area contributed by atoms with Gasteiger partial charge in [0.05, 0.1) is 30.0 Å². The van der Waals surface area contributed by atoms with E-state index in [0.29, 0.717) is 18.2 Å². The molecule has 0 radical (unpaired) electrons. The summed E-state index contributed by atoms with van der Waals surface area (Å²) in [5.74, 6) is 0. The second-order valence-corrected chi connectivity index (χ2v) is 3.30. The Morgan fingerprint density at radius 1 is 1.77 bits per heavy atom. The van der Waals surface area contributed by atoms with Gasteiger partial charge in [-0.2, -0.15) is 5.10 Å². The quantitative estimate of drug-likeness (QED) is 0.791. The fourth-order valence-corrected chi connectivity index (χ4v) is 1.20. The first kappa shape index (κ1) is 10.5. The number of aromatic nitrogens is 2. The lowest BCUT2D eigenvalue weighted by Gasteiger charge is -2.08. The first-order valence-electron chi connectivity index (χ1n) is 4.00. The molecule has 4 nitrogen and oxygen atoms in total. The fourth-order valence-electron chi connectivity index (χ4n) is 1.05. The van der Waals surface area contributed by atoms with Gasteiger partial charge in [-0.15, -0.1) is 0 Å². The highest BCUT2D eigenvalue weighted by Gasteiger charge is 2.07. The lowest BCUT2D eigenvalue weighted by Crippen LogP contribution is -2.21. The van der Waals surface area contributed by atoms with Gasteiger partial charge in [-0.1, -0.05) is 11.6 Å². The molecule has 0 spiro atoms. The largest absolute Gasteiger partial charge is 0.389 e. The van der Waals surface area contributed by atoms with Crippen LogP contribution in [0, 0.1) is 6.92 Å². The van der Waals surface area contributed by atoms with Crippen molar-refractivity contribution >= 4 is 11.6 Å². The van der Waals surface area contributed by atoms with Gasteiger partial charge in [0.1, 0.15) is 0 Å². The fraction of sp³-hybridized carbons (Fsp3) is 0.625. The standard InChI is InChI=1S/C8H13ClN2O2/c1-6-8(9)4-11(10-6)3-7(12)5-13-2/h4,7,12H,3,5H2,1-2H3. The summed E-state index contributed by atoms with van der Waals surface area (Å²) in [5.41, 5.74) is 0.770. The van der Waals surface area contributed by atoms with Gasteiger partial charge in [-0.3, -0.25) is 4.68 Å². The highest BCUT2D eigenvalue weighted by atomic mass is 35.5. The summed E-state index contributed by atoms with van der Waals surface area (Å²) < 4.78 is 6.40. The Morgan fingerprint density at radius 2 is 2.46 bits per heavy atom. The SMILES string of the molecule is COCC(O)Cn1cc(Cl)c(C)n1. The number of aryl methyl sites for hydroxylation is 1. The Bertz CT molecular complexity index is 256. The number of methoxy groups -OCH3 is 1. The van der Waals surface area contributed by atoms with E-state index < -0.39 is 6.10 Å². The minimum Gasteiger partial charge on any atom is -0.389 e. The maximum atomic E-state index is 9.37. The third-order valence-electron chi connectivity index (χ3n) is 1.64. The van der Waals surface area contributed by atoms with Gasteiger partial charge in [-0.05, 0) is 6.92 Å². The lowest BCUT2D eigenvalue weighted by molar-refractivity contribution is 0.0513. The van der Waals surface area contributed by atoms with E-state index in [0.717, 1.165) is 5.69 Å². The van der Waals surface area contributed by atoms with E-state index >= 15 is 0 Å². The molecular weight excluding hydrogens is 192 g/mol. The number of hydrogen-bond donors (Lipinski definition) is 1. The molecule has 0 aliphatic heterocycles. The molecule has 0 bridgehead atoms. The molecule has 0 saturated heterocycles. The molecule has 0 aliphatic rings. The second-order valence-electron chi connectivity index (χ2n) is 2.89. The maximum Gasteiger partial charge on any atom is 0.0968 e. The summed E-state index contributed by atoms with van der Waals surface area (Å²) in [4.78, 5) is 0. The highest BCUT2D eigenvalue weighted by molar-refractivity contribution is 6.31. The predicted molar refractivity (Wildman–Crippen MR) is 49.9 cm³/mol. The van der Waals surface area contributed by atoms with Gasteiger partial charge < -0.3 is 9.84 Å². The Labute approximate surface area is 82.1 Å². The van der Waals surface area contributed by atoms with Crippen LogP contribution in [0.2, 0.25) is 5.02 Å². The Morgan fingerprint density at radius 3 is 2.92 bits per heavy atom. The van der Waals surface area contributed by atoms with Crippen LogP contribution in [0.25, 0.3) is 0 Å². The number of halogens is 1. The van der Waals surface area contributed by atoms with Crippen LogP contribution in [0.4, 0.5) is 0 Å². The number of aliphatic hydroxyl groups excluding tert-OH is 1. The molecule has 1 rings (SSSR count). The highest BCUT2D eigenvalue weighted by Crippen LogP contribution is 2.12. The molecule has 0 amide bonds. The zero-order chi connectivity index (χ0) is 9.84. The minimum absolute atomic E-state index is 0.302. The number of hydrogen-bond acceptors (Lipinski definition) is 3. The van der Waals surface area contributed by atoms with Gasteiger partial charge in [0.2, 0.25) is 0 Å². The van der Waals surface area contributed by atoms with Crippen LogP contribution >= 0.6 is 11.6 Å². The van der Waals surface area contributed by atoms with Crippen LogP contribution in [0.5, 0.6) is 0 Å². The first-order chi connectivity index (χ1) is 6.13. The molecule has 1 atom stereocenters. The predicted octanol–water partition coefficient (Wildman–Crippen LogP) is 0.852. The molecule has 1 N–H and O–H groups in total. The van der Waals surface area contributed by atoms with E-state index in [2.05, 4.69) is 5.10 Å². The second kappa shape index (κ2) is 4.60. The summed E-state index contributed by atoms with van der Waals surface area (Å²) >= 11 is 5.79. The van der Waals surface area contributed by atoms with E-state index in [9.17, 15) is 5.11 Å². The third kappa shape index (κ3) is 2.99. The molecule has 0 aromatic carbocycles. The lowest BCUT2D eigenvalue weighted by atomic mass is 10.4. The smallest absolute Gasteiger partial charge is 0.0968 e. The van der Waals surface area contributed by atoms with Gasteiger partial charge in [0, 0.05) is 13.3 Å². The zero-order valence-electron chi connectivity index (χ0n) is 7.70. The van der Waals surface area contributed by atoms with Crippen LogP contribution in [-0.4, -0.2) is 34.7 Å². The molecule has 0 fully saturated rings. The topological polar surface area (TPSA) is 47.3 Å². The van der Waals surface area contributed by atoms with Crippen molar-refractivity contribution in [3.63, 3.8) is 0 Å². The van der Waals surface area contributed by atoms with Gasteiger partial charge in [0.15, 0.2) is 0 Å². The third-order valence-corrected chi connectivity index (χ3v) is 2.01. The first-order valence-corrected chi connectivity index (χ1v) is 4.38. The van der Waals surface area contributed by atoms with Crippen molar-refractivity contribution in [1.82, 2.24) is 9.78 Å². The Balaban J connectivity index is 2.53. The van der Waals surface area contributed by atoms with Crippen molar-refractivity contribution in [3.8, 4) is 0 Å². The summed E-state index contributed by atoms with van der Waals surface area (Å²) in [7, 11) is 1.55. The number of aliphatic hydroxyl groups is 1. The number of nitrogens with zero attached hydrogens (tertiary/aromatic N) is 2. The van der Waals surface area contributed by atoms with Crippen LogP contribution in [0.3, 0.4) is 0 Å². The van der Waals surface area contributed by atoms with Gasteiger partial charge >= 0.3 is 0 Å². The Hall–Kier alpha value is -0.580. The van der Waals surface area contributed by atoms with E-state index in [-0.39, 0.29) is 0 Å². The van der Waals surface area contributed by atoms with Crippen molar-refractivity contribution in [3.05, 3.63) is 16.9 Å². The average molecular weight is 205 g/mol. The van der Waals surface area contributed by atoms with Crippen molar-refractivity contribution < 1.29 is 9.84 Å². The molecule has 1 aromatic heterocycles. The molecule has 5 heteroatoms. The molecular formula is C8H13ClN2O2. The molecule has 13 heavy (non-hydrogen) atoms. The maximum absolute atomic E-state index is 9.37. The van der Waals surface area contributed by atoms with E-state index in [1.165, 1.54) is 0 Å². The summed E-state index contributed by atoms with van der Waals surface area (Å²) in [6.07, 6.45) is 1.15. The van der Waals surface area contributed by atoms with Crippen LogP contribution in [0.15, 0.2) is 6.20 Å². The van der Waals surface area contributed by atoms with E-state index in [4.69, 9.17) is 16.3 Å². The summed E-state index contributed by atoms with van der Waals surface area (Å²) in [6, 6.07) is 0. The van der Waals surface area contributed by atoms with Crippen molar-refractivity contribution in [2.45, 2.75) is 19.6 Å². The van der Waals surface area contributed by atoms with E-state index in [1.54, 1.807) is 18.0 Å². The number of ether oxygens (including phenoxy) is 1.